The van der Waals surface area contributed by atoms with E-state index in [4.69, 9.17) is 4.74 Å². The monoisotopic (exact) mass is 342 g/mol. The van der Waals surface area contributed by atoms with Gasteiger partial charge in [0.2, 0.25) is 0 Å². The van der Waals surface area contributed by atoms with Crippen LogP contribution in [0.5, 0.6) is 0 Å². The van der Waals surface area contributed by atoms with E-state index >= 15 is 0 Å². The van der Waals surface area contributed by atoms with Gasteiger partial charge in [-0.15, -0.1) is 0 Å². The van der Waals surface area contributed by atoms with Crippen LogP contribution in [0.15, 0.2) is 48.5 Å². The van der Waals surface area contributed by atoms with Crippen LogP contribution in [0.3, 0.4) is 0 Å². The van der Waals surface area contributed by atoms with Crippen molar-refractivity contribution in [3.63, 3.8) is 0 Å². The summed E-state index contributed by atoms with van der Waals surface area (Å²) in [6.07, 6.45) is 1.68. The number of anilines is 1. The molecule has 1 saturated heterocycles. The van der Waals surface area contributed by atoms with Gasteiger partial charge in [-0.05, 0) is 38.0 Å². The fraction of sp³-hybridized carbons (Fsp3) is 0.350. The number of piperidine rings is 1. The van der Waals surface area contributed by atoms with Gasteiger partial charge in [0.1, 0.15) is 5.82 Å². The Morgan fingerprint density at radius 1 is 1.24 bits per heavy atom. The summed E-state index contributed by atoms with van der Waals surface area (Å²) in [4.78, 5) is 14.2. The molecule has 132 valence electrons. The molecule has 0 spiro atoms. The van der Waals surface area contributed by atoms with Crippen LogP contribution in [0.2, 0.25) is 0 Å². The molecule has 0 radical (unpaired) electrons. The molecule has 1 aliphatic heterocycles. The number of urea groups is 1. The van der Waals surface area contributed by atoms with Crippen LogP contribution in [0, 0.1) is 12.7 Å². The van der Waals surface area contributed by atoms with E-state index < -0.39 is 0 Å². The number of carbonyl (C=O) groups is 1. The Morgan fingerprint density at radius 2 is 2.00 bits per heavy atom. The lowest BCUT2D eigenvalue weighted by atomic mass is 10.1. The highest BCUT2D eigenvalue weighted by molar-refractivity contribution is 5.89. The number of hydrogen-bond acceptors (Lipinski definition) is 2. The van der Waals surface area contributed by atoms with Gasteiger partial charge in [0, 0.05) is 24.3 Å². The van der Waals surface area contributed by atoms with E-state index in [9.17, 15) is 9.18 Å². The number of likely N-dealkylation sites (tertiary alicyclic amines) is 1. The Hall–Kier alpha value is -2.40. The zero-order valence-electron chi connectivity index (χ0n) is 14.4. The highest BCUT2D eigenvalue weighted by atomic mass is 19.1. The van der Waals surface area contributed by atoms with Gasteiger partial charge in [0.05, 0.1) is 12.7 Å². The number of nitrogens with one attached hydrogen (secondary N) is 1. The van der Waals surface area contributed by atoms with Gasteiger partial charge in [-0.1, -0.05) is 35.9 Å². The number of benzene rings is 2. The molecule has 1 atom stereocenters. The topological polar surface area (TPSA) is 41.6 Å². The summed E-state index contributed by atoms with van der Waals surface area (Å²) in [6.45, 7) is 3.46. The summed E-state index contributed by atoms with van der Waals surface area (Å²) >= 11 is 0. The van der Waals surface area contributed by atoms with E-state index in [0.717, 1.165) is 24.1 Å². The molecule has 0 aliphatic carbocycles. The smallest absolute Gasteiger partial charge is 0.321 e. The van der Waals surface area contributed by atoms with Crippen molar-refractivity contribution in [1.82, 2.24) is 4.90 Å². The highest BCUT2D eigenvalue weighted by Crippen LogP contribution is 2.18. The summed E-state index contributed by atoms with van der Waals surface area (Å²) in [7, 11) is 0. The van der Waals surface area contributed by atoms with Crippen molar-refractivity contribution in [2.45, 2.75) is 32.5 Å². The summed E-state index contributed by atoms with van der Waals surface area (Å²) in [6, 6.07) is 14.2. The Bertz CT molecular complexity index is 718. The van der Waals surface area contributed by atoms with E-state index in [-0.39, 0.29) is 24.6 Å². The number of nitrogens with zero attached hydrogens (tertiary/aromatic N) is 1. The number of aryl methyl sites for hydroxylation is 1. The fourth-order valence-electron chi connectivity index (χ4n) is 2.92. The highest BCUT2D eigenvalue weighted by Gasteiger charge is 2.24. The predicted molar refractivity (Wildman–Crippen MR) is 96.0 cm³/mol. The molecule has 25 heavy (non-hydrogen) atoms. The van der Waals surface area contributed by atoms with Crippen LogP contribution in [0.1, 0.15) is 24.0 Å². The molecule has 0 aromatic heterocycles. The normalized spacial score (nSPS) is 17.4. The first-order valence-corrected chi connectivity index (χ1v) is 8.59. The van der Waals surface area contributed by atoms with Gasteiger partial charge in [-0.2, -0.15) is 0 Å². The summed E-state index contributed by atoms with van der Waals surface area (Å²) in [5.41, 5.74) is 2.48. The molecular formula is C20H23FN2O2. The van der Waals surface area contributed by atoms with Crippen molar-refractivity contribution in [3.05, 3.63) is 65.5 Å². The molecule has 5 heteroatoms. The Labute approximate surface area is 147 Å². The summed E-state index contributed by atoms with van der Waals surface area (Å²) in [5.74, 6) is -0.257. The van der Waals surface area contributed by atoms with Gasteiger partial charge < -0.3 is 15.0 Å². The molecule has 1 aliphatic rings. The van der Waals surface area contributed by atoms with E-state index in [1.54, 1.807) is 23.1 Å². The zero-order chi connectivity index (χ0) is 17.6. The molecule has 0 saturated carbocycles. The number of rotatable bonds is 4. The molecule has 2 aromatic rings. The van der Waals surface area contributed by atoms with Gasteiger partial charge in [-0.25, -0.2) is 9.18 Å². The fourth-order valence-corrected chi connectivity index (χ4v) is 2.92. The second-order valence-corrected chi connectivity index (χ2v) is 6.41. The van der Waals surface area contributed by atoms with E-state index in [1.807, 2.05) is 31.2 Å². The van der Waals surface area contributed by atoms with E-state index in [1.165, 1.54) is 6.07 Å². The Morgan fingerprint density at radius 3 is 2.76 bits per heavy atom. The first-order valence-electron chi connectivity index (χ1n) is 8.59. The third-order valence-corrected chi connectivity index (χ3v) is 4.40. The molecule has 2 amide bonds. The molecule has 1 fully saturated rings. The van der Waals surface area contributed by atoms with Crippen molar-refractivity contribution in [2.24, 2.45) is 0 Å². The number of carbonyl (C=O) groups excluding carboxylic acids is 1. The lowest BCUT2D eigenvalue weighted by Crippen LogP contribution is -2.45. The maximum Gasteiger partial charge on any atom is 0.321 e. The van der Waals surface area contributed by atoms with Gasteiger partial charge in [0.15, 0.2) is 0 Å². The first-order chi connectivity index (χ1) is 12.1. The van der Waals surface area contributed by atoms with E-state index in [0.29, 0.717) is 18.7 Å². The van der Waals surface area contributed by atoms with Crippen LogP contribution in [-0.4, -0.2) is 30.1 Å². The van der Waals surface area contributed by atoms with Gasteiger partial charge in [-0.3, -0.25) is 0 Å². The number of ether oxygens (including phenoxy) is 1. The van der Waals surface area contributed by atoms with Gasteiger partial charge >= 0.3 is 6.03 Å². The lowest BCUT2D eigenvalue weighted by molar-refractivity contribution is -0.0000421. The van der Waals surface area contributed by atoms with Crippen LogP contribution >= 0.6 is 0 Å². The Balaban J connectivity index is 1.52. The molecule has 1 unspecified atom stereocenters. The van der Waals surface area contributed by atoms with Crippen molar-refractivity contribution >= 4 is 11.7 Å². The maximum atomic E-state index is 13.7. The standard InChI is InChI=1S/C20H23FN2O2/c1-15-8-10-17(11-9-15)22-20(24)23-12-4-6-18(13-23)25-14-16-5-2-3-7-19(16)21/h2-3,5,7-11,18H,4,6,12-14H2,1H3,(H,22,24). The molecule has 2 aromatic carbocycles. The molecule has 1 heterocycles. The summed E-state index contributed by atoms with van der Waals surface area (Å²) < 4.78 is 19.5. The molecule has 4 nitrogen and oxygen atoms in total. The molecule has 3 rings (SSSR count). The first kappa shape index (κ1) is 17.4. The minimum absolute atomic E-state index is 0.0721. The molecular weight excluding hydrogens is 319 g/mol. The molecule has 0 bridgehead atoms. The molecule has 1 N–H and O–H groups in total. The average molecular weight is 342 g/mol. The Kier molecular flexibility index (Phi) is 5.66. The van der Waals surface area contributed by atoms with Crippen LogP contribution in [0.4, 0.5) is 14.9 Å². The third-order valence-electron chi connectivity index (χ3n) is 4.40. The van der Waals surface area contributed by atoms with Gasteiger partial charge in [0.25, 0.3) is 0 Å². The SMILES string of the molecule is Cc1ccc(NC(=O)N2CCCC(OCc3ccccc3F)C2)cc1. The predicted octanol–water partition coefficient (Wildman–Crippen LogP) is 4.35. The second-order valence-electron chi connectivity index (χ2n) is 6.41. The van der Waals surface area contributed by atoms with Crippen LogP contribution in [-0.2, 0) is 11.3 Å². The number of hydrogen-bond donors (Lipinski definition) is 1. The maximum absolute atomic E-state index is 13.7. The van der Waals surface area contributed by atoms with Crippen molar-refractivity contribution in [1.29, 1.82) is 0 Å². The zero-order valence-corrected chi connectivity index (χ0v) is 14.4. The minimum Gasteiger partial charge on any atom is -0.372 e. The minimum atomic E-state index is -0.257. The largest absolute Gasteiger partial charge is 0.372 e. The van der Waals surface area contributed by atoms with Crippen LogP contribution in [0.25, 0.3) is 0 Å². The average Bonchev–Trinajstić information content (AvgIpc) is 2.63. The van der Waals surface area contributed by atoms with E-state index in [2.05, 4.69) is 5.32 Å². The number of halogens is 1. The second kappa shape index (κ2) is 8.12. The lowest BCUT2D eigenvalue weighted by Gasteiger charge is -2.32. The van der Waals surface area contributed by atoms with Crippen molar-refractivity contribution in [3.8, 4) is 0 Å². The third kappa shape index (κ3) is 4.79. The van der Waals surface area contributed by atoms with Crippen molar-refractivity contribution in [2.75, 3.05) is 18.4 Å². The number of amides is 2. The van der Waals surface area contributed by atoms with Crippen LogP contribution < -0.4 is 5.32 Å². The van der Waals surface area contributed by atoms with Crippen molar-refractivity contribution < 1.29 is 13.9 Å². The quantitative estimate of drug-likeness (QED) is 0.898. The summed E-state index contributed by atoms with van der Waals surface area (Å²) in [5, 5.41) is 2.91.